The maximum absolute atomic E-state index is 5.13. The fraction of sp³-hybridized carbons (Fsp3) is 0.125. The highest BCUT2D eigenvalue weighted by Gasteiger charge is 1.86. The standard InChI is InChI=1S/C8H11N3/c9-4-6-10-7-8-3-1-2-5-11-8/h1-6,10H,7,9H2/b6-4+. The van der Waals surface area contributed by atoms with Crippen LogP contribution in [0.1, 0.15) is 5.69 Å². The SMILES string of the molecule is N/C=C/NCc1ccccn1. The first-order valence-electron chi connectivity index (χ1n) is 3.43. The number of hydrogen-bond acceptors (Lipinski definition) is 3. The number of aromatic nitrogens is 1. The van der Waals surface area contributed by atoms with Crippen molar-refractivity contribution < 1.29 is 0 Å². The molecule has 0 radical (unpaired) electrons. The second kappa shape index (κ2) is 4.33. The van der Waals surface area contributed by atoms with E-state index in [9.17, 15) is 0 Å². The summed E-state index contributed by atoms with van der Waals surface area (Å²) in [6.45, 7) is 0.717. The van der Waals surface area contributed by atoms with Gasteiger partial charge in [-0.15, -0.1) is 0 Å². The van der Waals surface area contributed by atoms with Crippen molar-refractivity contribution in [2.24, 2.45) is 5.73 Å². The second-order valence-corrected chi connectivity index (χ2v) is 2.06. The lowest BCUT2D eigenvalue weighted by Gasteiger charge is -1.97. The minimum atomic E-state index is 0.717. The summed E-state index contributed by atoms with van der Waals surface area (Å²) >= 11 is 0. The van der Waals surface area contributed by atoms with Crippen LogP contribution in [0.2, 0.25) is 0 Å². The maximum atomic E-state index is 5.13. The molecule has 3 heteroatoms. The maximum Gasteiger partial charge on any atom is 0.0594 e. The molecule has 0 aliphatic carbocycles. The van der Waals surface area contributed by atoms with E-state index in [1.807, 2.05) is 18.2 Å². The van der Waals surface area contributed by atoms with Crippen molar-refractivity contribution in [1.29, 1.82) is 0 Å². The summed E-state index contributed by atoms with van der Waals surface area (Å²) in [5.41, 5.74) is 6.13. The Morgan fingerprint density at radius 3 is 3.09 bits per heavy atom. The van der Waals surface area contributed by atoms with Gasteiger partial charge in [-0.05, 0) is 12.1 Å². The molecule has 1 aromatic rings. The van der Waals surface area contributed by atoms with Crippen LogP contribution in [0, 0.1) is 0 Å². The summed E-state index contributed by atoms with van der Waals surface area (Å²) in [4.78, 5) is 4.11. The first kappa shape index (κ1) is 7.60. The topological polar surface area (TPSA) is 50.9 Å². The van der Waals surface area contributed by atoms with Gasteiger partial charge in [0.25, 0.3) is 0 Å². The molecular weight excluding hydrogens is 138 g/mol. The van der Waals surface area contributed by atoms with Crippen molar-refractivity contribution >= 4 is 0 Å². The monoisotopic (exact) mass is 149 g/mol. The Bertz CT molecular complexity index is 218. The lowest BCUT2D eigenvalue weighted by atomic mass is 10.3. The third-order valence-electron chi connectivity index (χ3n) is 1.22. The van der Waals surface area contributed by atoms with Crippen LogP contribution in [-0.4, -0.2) is 4.98 Å². The van der Waals surface area contributed by atoms with Crippen molar-refractivity contribution in [2.75, 3.05) is 0 Å². The second-order valence-electron chi connectivity index (χ2n) is 2.06. The molecule has 0 aliphatic heterocycles. The molecule has 0 saturated heterocycles. The Hall–Kier alpha value is -1.51. The van der Waals surface area contributed by atoms with Gasteiger partial charge in [0.2, 0.25) is 0 Å². The highest BCUT2D eigenvalue weighted by atomic mass is 14.9. The summed E-state index contributed by atoms with van der Waals surface area (Å²) in [6, 6.07) is 5.80. The van der Waals surface area contributed by atoms with E-state index in [1.165, 1.54) is 6.20 Å². The highest BCUT2D eigenvalue weighted by molar-refractivity contribution is 5.03. The molecule has 0 amide bonds. The zero-order chi connectivity index (χ0) is 7.94. The van der Waals surface area contributed by atoms with E-state index in [4.69, 9.17) is 5.73 Å². The van der Waals surface area contributed by atoms with E-state index in [0.717, 1.165) is 5.69 Å². The Labute approximate surface area is 65.9 Å². The highest BCUT2D eigenvalue weighted by Crippen LogP contribution is 1.90. The zero-order valence-corrected chi connectivity index (χ0v) is 6.20. The molecular formula is C8H11N3. The number of nitrogens with zero attached hydrogens (tertiary/aromatic N) is 1. The van der Waals surface area contributed by atoms with Crippen LogP contribution in [0.25, 0.3) is 0 Å². The molecule has 3 N–H and O–H groups in total. The van der Waals surface area contributed by atoms with Gasteiger partial charge in [0.05, 0.1) is 12.2 Å². The van der Waals surface area contributed by atoms with Crippen LogP contribution >= 0.6 is 0 Å². The van der Waals surface area contributed by atoms with E-state index in [-0.39, 0.29) is 0 Å². The van der Waals surface area contributed by atoms with Gasteiger partial charge in [-0.2, -0.15) is 0 Å². The predicted octanol–water partition coefficient (Wildman–Crippen LogP) is 0.601. The molecule has 0 fully saturated rings. The third kappa shape index (κ3) is 2.71. The minimum absolute atomic E-state index is 0.717. The summed E-state index contributed by atoms with van der Waals surface area (Å²) < 4.78 is 0. The molecule has 0 atom stereocenters. The van der Waals surface area contributed by atoms with Crippen molar-refractivity contribution in [2.45, 2.75) is 6.54 Å². The van der Waals surface area contributed by atoms with Crippen LogP contribution in [-0.2, 0) is 6.54 Å². The Kier molecular flexibility index (Phi) is 2.99. The van der Waals surface area contributed by atoms with Gasteiger partial charge < -0.3 is 11.1 Å². The van der Waals surface area contributed by atoms with Crippen molar-refractivity contribution in [3.63, 3.8) is 0 Å². The molecule has 0 bridgehead atoms. The van der Waals surface area contributed by atoms with Gasteiger partial charge >= 0.3 is 0 Å². The first-order chi connectivity index (χ1) is 5.43. The van der Waals surface area contributed by atoms with Crippen molar-refractivity contribution in [3.8, 4) is 0 Å². The van der Waals surface area contributed by atoms with Crippen LogP contribution in [0.5, 0.6) is 0 Å². The summed E-state index contributed by atoms with van der Waals surface area (Å²) in [6.07, 6.45) is 4.92. The van der Waals surface area contributed by atoms with E-state index in [1.54, 1.807) is 12.4 Å². The van der Waals surface area contributed by atoms with Crippen LogP contribution in [0.3, 0.4) is 0 Å². The Balaban J connectivity index is 2.39. The fourth-order valence-electron chi connectivity index (χ4n) is 0.734. The van der Waals surface area contributed by atoms with Gasteiger partial charge in [-0.25, -0.2) is 0 Å². The number of nitrogens with one attached hydrogen (secondary N) is 1. The molecule has 1 rings (SSSR count). The first-order valence-corrected chi connectivity index (χ1v) is 3.43. The number of hydrogen-bond donors (Lipinski definition) is 2. The van der Waals surface area contributed by atoms with E-state index >= 15 is 0 Å². The molecule has 11 heavy (non-hydrogen) atoms. The molecule has 0 spiro atoms. The molecule has 3 nitrogen and oxygen atoms in total. The van der Waals surface area contributed by atoms with Gasteiger partial charge in [-0.3, -0.25) is 4.98 Å². The predicted molar refractivity (Wildman–Crippen MR) is 44.4 cm³/mol. The largest absolute Gasteiger partial charge is 0.403 e. The fourth-order valence-corrected chi connectivity index (χ4v) is 0.734. The lowest BCUT2D eigenvalue weighted by molar-refractivity contribution is 0.834. The number of nitrogens with two attached hydrogens (primary N) is 1. The van der Waals surface area contributed by atoms with Gasteiger partial charge in [0, 0.05) is 18.6 Å². The van der Waals surface area contributed by atoms with Crippen LogP contribution in [0.4, 0.5) is 0 Å². The van der Waals surface area contributed by atoms with Crippen molar-refractivity contribution in [3.05, 3.63) is 42.5 Å². The summed E-state index contributed by atoms with van der Waals surface area (Å²) in [5, 5.41) is 2.98. The molecule has 58 valence electrons. The van der Waals surface area contributed by atoms with Crippen LogP contribution < -0.4 is 11.1 Å². The van der Waals surface area contributed by atoms with E-state index in [2.05, 4.69) is 10.3 Å². The van der Waals surface area contributed by atoms with Crippen LogP contribution in [0.15, 0.2) is 36.8 Å². The molecule has 0 saturated carbocycles. The van der Waals surface area contributed by atoms with Gasteiger partial charge in [0.15, 0.2) is 0 Å². The average molecular weight is 149 g/mol. The molecule has 0 unspecified atom stereocenters. The molecule has 1 heterocycles. The average Bonchev–Trinajstić information content (AvgIpc) is 2.07. The van der Waals surface area contributed by atoms with Crippen molar-refractivity contribution in [1.82, 2.24) is 10.3 Å². The van der Waals surface area contributed by atoms with E-state index in [0.29, 0.717) is 6.54 Å². The Morgan fingerprint density at radius 2 is 2.45 bits per heavy atom. The molecule has 1 aromatic heterocycles. The Morgan fingerprint density at radius 1 is 1.55 bits per heavy atom. The lowest BCUT2D eigenvalue weighted by Crippen LogP contribution is -2.06. The normalized spacial score (nSPS) is 10.2. The summed E-state index contributed by atoms with van der Waals surface area (Å²) in [5.74, 6) is 0. The van der Waals surface area contributed by atoms with Gasteiger partial charge in [0.1, 0.15) is 0 Å². The third-order valence-corrected chi connectivity index (χ3v) is 1.22. The quantitative estimate of drug-likeness (QED) is 0.661. The van der Waals surface area contributed by atoms with Gasteiger partial charge in [-0.1, -0.05) is 6.07 Å². The summed E-state index contributed by atoms with van der Waals surface area (Å²) in [7, 11) is 0. The zero-order valence-electron chi connectivity index (χ0n) is 6.20. The molecule has 0 aliphatic rings. The number of rotatable bonds is 3. The number of pyridine rings is 1. The molecule has 0 aromatic carbocycles. The van der Waals surface area contributed by atoms with E-state index < -0.39 is 0 Å². The smallest absolute Gasteiger partial charge is 0.0594 e. The minimum Gasteiger partial charge on any atom is -0.403 e.